The quantitative estimate of drug-likeness (QED) is 0.696. The van der Waals surface area contributed by atoms with E-state index >= 15 is 0 Å². The first kappa shape index (κ1) is 8.26. The number of aromatic amines is 1. The molecule has 0 radical (unpaired) electrons. The van der Waals surface area contributed by atoms with Crippen LogP contribution >= 0.6 is 11.6 Å². The molecule has 0 saturated carbocycles. The van der Waals surface area contributed by atoms with E-state index in [1.807, 2.05) is 0 Å². The zero-order valence-electron chi connectivity index (χ0n) is 6.97. The van der Waals surface area contributed by atoms with E-state index in [1.54, 1.807) is 25.3 Å². The van der Waals surface area contributed by atoms with Crippen LogP contribution in [0.2, 0.25) is 5.02 Å². The molecule has 0 fully saturated rings. The highest BCUT2D eigenvalue weighted by molar-refractivity contribution is 6.35. The molecule has 0 spiro atoms. The lowest BCUT2D eigenvalue weighted by Crippen LogP contribution is -2.09. The van der Waals surface area contributed by atoms with Crippen LogP contribution in [0.25, 0.3) is 11.0 Å². The molecule has 2 heterocycles. The Morgan fingerprint density at radius 1 is 1.54 bits per heavy atom. The Hall–Kier alpha value is -1.35. The Balaban J connectivity index is 2.97. The van der Waals surface area contributed by atoms with Gasteiger partial charge in [-0.05, 0) is 19.1 Å². The number of H-pyrrole nitrogens is 1. The molecule has 66 valence electrons. The summed E-state index contributed by atoms with van der Waals surface area (Å²) in [6.45, 7) is 1.74. The van der Waals surface area contributed by atoms with Gasteiger partial charge in [0.25, 0.3) is 5.56 Å². The number of hydrogen-bond donors (Lipinski definition) is 1. The van der Waals surface area contributed by atoms with Crippen molar-refractivity contribution in [3.05, 3.63) is 39.3 Å². The number of rotatable bonds is 0. The maximum Gasteiger partial charge on any atom is 0.252 e. The molecule has 0 unspecified atom stereocenters. The minimum atomic E-state index is -0.123. The summed E-state index contributed by atoms with van der Waals surface area (Å²) in [4.78, 5) is 17.9. The molecule has 0 saturated heterocycles. The van der Waals surface area contributed by atoms with Gasteiger partial charge in [-0.25, -0.2) is 4.98 Å². The van der Waals surface area contributed by atoms with Crippen molar-refractivity contribution < 1.29 is 0 Å². The second-order valence-corrected chi connectivity index (χ2v) is 3.24. The third kappa shape index (κ3) is 1.31. The maximum atomic E-state index is 11.2. The number of hydrogen-bond acceptors (Lipinski definition) is 2. The van der Waals surface area contributed by atoms with Crippen molar-refractivity contribution in [3.63, 3.8) is 0 Å². The van der Waals surface area contributed by atoms with Crippen LogP contribution in [0.5, 0.6) is 0 Å². The molecule has 4 heteroatoms. The van der Waals surface area contributed by atoms with Crippen LogP contribution in [0.1, 0.15) is 5.56 Å². The van der Waals surface area contributed by atoms with Crippen LogP contribution in [0.15, 0.2) is 23.1 Å². The van der Waals surface area contributed by atoms with Crippen LogP contribution in [-0.4, -0.2) is 9.97 Å². The summed E-state index contributed by atoms with van der Waals surface area (Å²) < 4.78 is 0. The zero-order chi connectivity index (χ0) is 9.42. The van der Waals surface area contributed by atoms with Crippen LogP contribution in [0.3, 0.4) is 0 Å². The normalized spacial score (nSPS) is 10.6. The number of nitrogens with one attached hydrogen (secondary N) is 1. The molecule has 0 aliphatic carbocycles. The summed E-state index contributed by atoms with van der Waals surface area (Å²) in [5.74, 6) is 0. The summed E-state index contributed by atoms with van der Waals surface area (Å²) >= 11 is 5.92. The molecule has 0 atom stereocenters. The van der Waals surface area contributed by atoms with Gasteiger partial charge >= 0.3 is 0 Å². The summed E-state index contributed by atoms with van der Waals surface area (Å²) in [6, 6.07) is 3.44. The number of aromatic nitrogens is 2. The van der Waals surface area contributed by atoms with Gasteiger partial charge in [0.1, 0.15) is 5.65 Å². The Kier molecular flexibility index (Phi) is 1.81. The van der Waals surface area contributed by atoms with Gasteiger partial charge in [-0.15, -0.1) is 0 Å². The fourth-order valence-corrected chi connectivity index (χ4v) is 1.38. The monoisotopic (exact) mass is 194 g/mol. The smallest absolute Gasteiger partial charge is 0.252 e. The molecule has 0 amide bonds. The van der Waals surface area contributed by atoms with E-state index < -0.39 is 0 Å². The molecule has 2 aromatic rings. The minimum Gasteiger partial charge on any atom is -0.306 e. The summed E-state index contributed by atoms with van der Waals surface area (Å²) in [5, 5.41) is 1.38. The molecular formula is C9H7ClN2O. The molecule has 2 aromatic heterocycles. The van der Waals surface area contributed by atoms with Crippen LogP contribution in [0, 0.1) is 6.92 Å². The van der Waals surface area contributed by atoms with Gasteiger partial charge in [0.05, 0.1) is 5.02 Å². The second-order valence-electron chi connectivity index (χ2n) is 2.84. The lowest BCUT2D eigenvalue weighted by atomic mass is 10.2. The van der Waals surface area contributed by atoms with Gasteiger partial charge in [0, 0.05) is 17.1 Å². The Labute approximate surface area is 79.4 Å². The van der Waals surface area contributed by atoms with Gasteiger partial charge in [-0.2, -0.15) is 0 Å². The second kappa shape index (κ2) is 2.85. The highest BCUT2D eigenvalue weighted by atomic mass is 35.5. The Morgan fingerprint density at radius 2 is 2.31 bits per heavy atom. The SMILES string of the molecule is Cc1cc2c(Cl)ccnc2[nH]c1=O. The van der Waals surface area contributed by atoms with Crippen molar-refractivity contribution in [2.75, 3.05) is 0 Å². The fourth-order valence-electron chi connectivity index (χ4n) is 1.17. The Bertz CT molecular complexity index is 518. The van der Waals surface area contributed by atoms with E-state index in [-0.39, 0.29) is 5.56 Å². The van der Waals surface area contributed by atoms with Crippen molar-refractivity contribution in [1.82, 2.24) is 9.97 Å². The summed E-state index contributed by atoms with van der Waals surface area (Å²) in [5.41, 5.74) is 1.05. The first-order valence-corrected chi connectivity index (χ1v) is 4.20. The zero-order valence-corrected chi connectivity index (χ0v) is 7.72. The van der Waals surface area contributed by atoms with Crippen molar-refractivity contribution >= 4 is 22.6 Å². The van der Waals surface area contributed by atoms with E-state index in [0.717, 1.165) is 5.39 Å². The molecule has 3 nitrogen and oxygen atoms in total. The van der Waals surface area contributed by atoms with Crippen LogP contribution in [0.4, 0.5) is 0 Å². The van der Waals surface area contributed by atoms with E-state index in [4.69, 9.17) is 11.6 Å². The first-order chi connectivity index (χ1) is 6.18. The molecule has 2 rings (SSSR count). The number of aryl methyl sites for hydroxylation is 1. The van der Waals surface area contributed by atoms with Crippen molar-refractivity contribution in [3.8, 4) is 0 Å². The molecule has 0 aliphatic rings. The minimum absolute atomic E-state index is 0.123. The predicted octanol–water partition coefficient (Wildman–Crippen LogP) is 1.88. The van der Waals surface area contributed by atoms with Gasteiger partial charge < -0.3 is 4.98 Å². The van der Waals surface area contributed by atoms with Crippen LogP contribution < -0.4 is 5.56 Å². The largest absolute Gasteiger partial charge is 0.306 e. The highest BCUT2D eigenvalue weighted by Crippen LogP contribution is 2.18. The first-order valence-electron chi connectivity index (χ1n) is 3.82. The molecule has 0 aromatic carbocycles. The topological polar surface area (TPSA) is 45.8 Å². The van der Waals surface area contributed by atoms with Gasteiger partial charge in [0.15, 0.2) is 0 Å². The molecule has 13 heavy (non-hydrogen) atoms. The van der Waals surface area contributed by atoms with E-state index in [9.17, 15) is 4.79 Å². The van der Waals surface area contributed by atoms with Crippen LogP contribution in [-0.2, 0) is 0 Å². The lowest BCUT2D eigenvalue weighted by molar-refractivity contribution is 1.19. The van der Waals surface area contributed by atoms with Crippen molar-refractivity contribution in [2.45, 2.75) is 6.92 Å². The van der Waals surface area contributed by atoms with E-state index in [0.29, 0.717) is 16.2 Å². The van der Waals surface area contributed by atoms with Crippen molar-refractivity contribution in [2.24, 2.45) is 0 Å². The standard InChI is InChI=1S/C9H7ClN2O/c1-5-4-6-7(10)2-3-11-8(6)12-9(5)13/h2-4H,1H3,(H,11,12,13). The maximum absolute atomic E-state index is 11.2. The number of halogens is 1. The summed E-state index contributed by atoms with van der Waals surface area (Å²) in [6.07, 6.45) is 1.57. The van der Waals surface area contributed by atoms with Gasteiger partial charge in [0.2, 0.25) is 0 Å². The lowest BCUT2D eigenvalue weighted by Gasteiger charge is -1.99. The third-order valence-electron chi connectivity index (χ3n) is 1.89. The fraction of sp³-hybridized carbons (Fsp3) is 0.111. The number of fused-ring (bicyclic) bond motifs is 1. The third-order valence-corrected chi connectivity index (χ3v) is 2.22. The molecule has 1 N–H and O–H groups in total. The molecule has 0 aliphatic heterocycles. The average Bonchev–Trinajstić information content (AvgIpc) is 2.09. The van der Waals surface area contributed by atoms with Gasteiger partial charge in [-0.1, -0.05) is 11.6 Å². The average molecular weight is 195 g/mol. The van der Waals surface area contributed by atoms with E-state index in [2.05, 4.69) is 9.97 Å². The van der Waals surface area contributed by atoms with E-state index in [1.165, 1.54) is 0 Å². The molecule has 0 bridgehead atoms. The molecular weight excluding hydrogens is 188 g/mol. The predicted molar refractivity (Wildman–Crippen MR) is 52.1 cm³/mol. The Morgan fingerprint density at radius 3 is 3.08 bits per heavy atom. The number of nitrogens with zero attached hydrogens (tertiary/aromatic N) is 1. The van der Waals surface area contributed by atoms with Crippen molar-refractivity contribution in [1.29, 1.82) is 0 Å². The summed E-state index contributed by atoms with van der Waals surface area (Å²) in [7, 11) is 0. The highest BCUT2D eigenvalue weighted by Gasteiger charge is 2.02. The number of pyridine rings is 2. The van der Waals surface area contributed by atoms with Gasteiger partial charge in [-0.3, -0.25) is 4.79 Å².